The van der Waals surface area contributed by atoms with Crippen molar-refractivity contribution in [1.29, 1.82) is 0 Å². The van der Waals surface area contributed by atoms with E-state index in [4.69, 9.17) is 40.5 Å². The highest BCUT2D eigenvalue weighted by atomic mass is 35.5. The maximum Gasteiger partial charge on any atom is 0.130 e. The standard InChI is InChI=1S/C21H26Cl3N3O.C2H6/c1-5-16(23)19(25)20(14(2)21(3,4)12-28)27-10-6-9-26(13-27)18-8-7-15(22)11-17(18)24;1-2/h5,7-8,11-12H,2,6,9-10,13,25H2,1,3-4H3;1-2H3/b16-5+,20-19-;. The number of hydrogen-bond acceptors (Lipinski definition) is 4. The Kier molecular flexibility index (Phi) is 10.3. The molecule has 0 atom stereocenters. The van der Waals surface area contributed by atoms with Crippen molar-refractivity contribution in [3.05, 3.63) is 62.9 Å². The van der Waals surface area contributed by atoms with Crippen LogP contribution in [0.5, 0.6) is 0 Å². The van der Waals surface area contributed by atoms with E-state index in [0.29, 0.717) is 38.7 Å². The van der Waals surface area contributed by atoms with Gasteiger partial charge in [0.2, 0.25) is 0 Å². The van der Waals surface area contributed by atoms with E-state index in [1.807, 2.05) is 46.8 Å². The van der Waals surface area contributed by atoms with Gasteiger partial charge in [-0.05, 0) is 51.0 Å². The van der Waals surface area contributed by atoms with Gasteiger partial charge >= 0.3 is 0 Å². The van der Waals surface area contributed by atoms with E-state index in [9.17, 15) is 4.79 Å². The van der Waals surface area contributed by atoms with Gasteiger partial charge in [-0.2, -0.15) is 0 Å². The molecule has 4 nitrogen and oxygen atoms in total. The lowest BCUT2D eigenvalue weighted by atomic mass is 9.83. The smallest absolute Gasteiger partial charge is 0.130 e. The Balaban J connectivity index is 0.00000218. The number of rotatable bonds is 6. The summed E-state index contributed by atoms with van der Waals surface area (Å²) in [5.74, 6) is 0. The molecule has 0 bridgehead atoms. The van der Waals surface area contributed by atoms with E-state index in [1.165, 1.54) is 0 Å². The molecule has 1 aromatic rings. The minimum absolute atomic E-state index is 0.410. The lowest BCUT2D eigenvalue weighted by Gasteiger charge is -2.42. The van der Waals surface area contributed by atoms with Gasteiger partial charge in [0, 0.05) is 23.5 Å². The van der Waals surface area contributed by atoms with Crippen molar-refractivity contribution in [2.45, 2.75) is 41.0 Å². The predicted octanol–water partition coefficient (Wildman–Crippen LogP) is 6.58. The number of benzene rings is 1. The molecule has 0 spiro atoms. The molecule has 0 saturated carbocycles. The van der Waals surface area contributed by atoms with E-state index in [2.05, 4.69) is 16.4 Å². The van der Waals surface area contributed by atoms with E-state index in [1.54, 1.807) is 12.1 Å². The first-order chi connectivity index (χ1) is 14.1. The zero-order valence-corrected chi connectivity index (χ0v) is 20.7. The Bertz CT molecular complexity index is 831. The van der Waals surface area contributed by atoms with Crippen LogP contribution in [0.4, 0.5) is 5.69 Å². The maximum absolute atomic E-state index is 11.6. The Labute approximate surface area is 195 Å². The SMILES string of the molecule is C=C(/C(=C(N)\C(Cl)=C/C)N1CCCN(c2ccc(Cl)cc2Cl)C1)C(C)(C)C=O.CC. The Morgan fingerprint density at radius 2 is 1.87 bits per heavy atom. The van der Waals surface area contributed by atoms with Crippen LogP contribution in [0.15, 0.2) is 52.9 Å². The van der Waals surface area contributed by atoms with Gasteiger partial charge in [0.15, 0.2) is 0 Å². The van der Waals surface area contributed by atoms with Gasteiger partial charge in [-0.15, -0.1) is 0 Å². The minimum Gasteiger partial charge on any atom is -0.396 e. The molecule has 7 heteroatoms. The van der Waals surface area contributed by atoms with Gasteiger partial charge in [0.25, 0.3) is 0 Å². The molecule has 2 N–H and O–H groups in total. The van der Waals surface area contributed by atoms with Gasteiger partial charge in [-0.1, -0.05) is 61.3 Å². The topological polar surface area (TPSA) is 49.6 Å². The Morgan fingerprint density at radius 1 is 1.23 bits per heavy atom. The van der Waals surface area contributed by atoms with Crippen LogP contribution in [-0.4, -0.2) is 30.9 Å². The summed E-state index contributed by atoms with van der Waals surface area (Å²) in [6, 6.07) is 5.45. The number of nitrogens with zero attached hydrogens (tertiary/aromatic N) is 2. The summed E-state index contributed by atoms with van der Waals surface area (Å²) in [5.41, 5.74) is 8.24. The van der Waals surface area contributed by atoms with Crippen LogP contribution in [-0.2, 0) is 4.79 Å². The highest BCUT2D eigenvalue weighted by Crippen LogP contribution is 2.36. The summed E-state index contributed by atoms with van der Waals surface area (Å²) in [6.07, 6.45) is 3.50. The zero-order chi connectivity index (χ0) is 23.1. The van der Waals surface area contributed by atoms with Gasteiger partial charge < -0.3 is 20.3 Å². The van der Waals surface area contributed by atoms with Crippen LogP contribution in [0, 0.1) is 5.41 Å². The third-order valence-electron chi connectivity index (χ3n) is 4.89. The molecule has 0 radical (unpaired) electrons. The summed E-state index contributed by atoms with van der Waals surface area (Å²) in [7, 11) is 0. The molecule has 30 heavy (non-hydrogen) atoms. The van der Waals surface area contributed by atoms with Gasteiger partial charge in [0.05, 0.1) is 33.8 Å². The molecule has 1 saturated heterocycles. The fraction of sp³-hybridized carbons (Fsp3) is 0.435. The van der Waals surface area contributed by atoms with Crippen LogP contribution in [0.3, 0.4) is 0 Å². The fourth-order valence-corrected chi connectivity index (χ4v) is 3.70. The second kappa shape index (κ2) is 11.7. The second-order valence-electron chi connectivity index (χ2n) is 7.33. The summed E-state index contributed by atoms with van der Waals surface area (Å²) >= 11 is 18.8. The van der Waals surface area contributed by atoms with E-state index >= 15 is 0 Å². The lowest BCUT2D eigenvalue weighted by Crippen LogP contribution is -2.46. The molecule has 0 aromatic heterocycles. The van der Waals surface area contributed by atoms with Crippen molar-refractivity contribution in [2.24, 2.45) is 11.1 Å². The third kappa shape index (κ3) is 6.19. The lowest BCUT2D eigenvalue weighted by molar-refractivity contribution is -0.113. The number of nitrogens with two attached hydrogens (primary N) is 1. The predicted molar refractivity (Wildman–Crippen MR) is 131 cm³/mol. The first kappa shape index (κ1) is 26.4. The van der Waals surface area contributed by atoms with Crippen molar-refractivity contribution in [3.8, 4) is 0 Å². The molecule has 2 rings (SSSR count). The molecule has 1 heterocycles. The van der Waals surface area contributed by atoms with E-state index < -0.39 is 5.41 Å². The van der Waals surface area contributed by atoms with Crippen molar-refractivity contribution in [3.63, 3.8) is 0 Å². The third-order valence-corrected chi connectivity index (χ3v) is 5.85. The average Bonchev–Trinajstić information content (AvgIpc) is 2.74. The van der Waals surface area contributed by atoms with Crippen LogP contribution in [0.25, 0.3) is 0 Å². The summed E-state index contributed by atoms with van der Waals surface area (Å²) in [5, 5.41) is 1.61. The highest BCUT2D eigenvalue weighted by molar-refractivity contribution is 6.36. The van der Waals surface area contributed by atoms with E-state index in [-0.39, 0.29) is 0 Å². The molecule has 1 aliphatic rings. The van der Waals surface area contributed by atoms with Crippen molar-refractivity contribution in [1.82, 2.24) is 4.90 Å². The van der Waals surface area contributed by atoms with E-state index in [0.717, 1.165) is 31.5 Å². The number of halogens is 3. The first-order valence-corrected chi connectivity index (χ1v) is 11.2. The maximum atomic E-state index is 11.6. The fourth-order valence-electron chi connectivity index (χ4n) is 3.09. The number of carbonyl (C=O) groups is 1. The van der Waals surface area contributed by atoms with Gasteiger partial charge in [-0.3, -0.25) is 0 Å². The Morgan fingerprint density at radius 3 is 2.40 bits per heavy atom. The average molecular weight is 473 g/mol. The highest BCUT2D eigenvalue weighted by Gasteiger charge is 2.31. The number of allylic oxidation sites excluding steroid dienone is 3. The van der Waals surface area contributed by atoms with Gasteiger partial charge in [0.1, 0.15) is 6.29 Å². The molecular weight excluding hydrogens is 441 g/mol. The van der Waals surface area contributed by atoms with Crippen LogP contribution < -0.4 is 10.6 Å². The normalized spacial score (nSPS) is 15.8. The number of carbonyl (C=O) groups excluding carboxylic acids is 1. The second-order valence-corrected chi connectivity index (χ2v) is 8.59. The molecule has 0 amide bonds. The van der Waals surface area contributed by atoms with Crippen LogP contribution in [0.2, 0.25) is 10.0 Å². The summed E-state index contributed by atoms with van der Waals surface area (Å²) in [6.45, 7) is 15.8. The minimum atomic E-state index is -0.773. The monoisotopic (exact) mass is 471 g/mol. The molecular formula is C23H32Cl3N3O. The van der Waals surface area contributed by atoms with Crippen LogP contribution in [0.1, 0.15) is 41.0 Å². The molecule has 1 aliphatic heterocycles. The Hall–Kier alpha value is -1.62. The summed E-state index contributed by atoms with van der Waals surface area (Å²) < 4.78 is 0. The van der Waals surface area contributed by atoms with Crippen molar-refractivity contribution >= 4 is 46.8 Å². The van der Waals surface area contributed by atoms with Crippen molar-refractivity contribution in [2.75, 3.05) is 24.7 Å². The molecule has 166 valence electrons. The summed E-state index contributed by atoms with van der Waals surface area (Å²) in [4.78, 5) is 15.9. The first-order valence-electron chi connectivity index (χ1n) is 10.0. The largest absolute Gasteiger partial charge is 0.396 e. The quantitative estimate of drug-likeness (QED) is 0.375. The number of hydrogen-bond donors (Lipinski definition) is 1. The number of anilines is 1. The zero-order valence-electron chi connectivity index (χ0n) is 18.4. The molecule has 0 aliphatic carbocycles. The number of aldehydes is 1. The van der Waals surface area contributed by atoms with Crippen LogP contribution >= 0.6 is 34.8 Å². The van der Waals surface area contributed by atoms with Crippen molar-refractivity contribution < 1.29 is 4.79 Å². The van der Waals surface area contributed by atoms with Gasteiger partial charge in [-0.25, -0.2) is 0 Å². The molecule has 1 aromatic carbocycles. The molecule has 0 unspecified atom stereocenters. The molecule has 1 fully saturated rings.